The first-order valence-corrected chi connectivity index (χ1v) is 12.5. The summed E-state index contributed by atoms with van der Waals surface area (Å²) in [6, 6.07) is 13.7. The highest BCUT2D eigenvalue weighted by molar-refractivity contribution is 7.92. The maximum absolute atomic E-state index is 12.5. The highest BCUT2D eigenvalue weighted by atomic mass is 32.2. The number of sulfonamides is 1. The molecular formula is C23H30N4O5S. The predicted molar refractivity (Wildman–Crippen MR) is 129 cm³/mol. The molecule has 0 bridgehead atoms. The maximum atomic E-state index is 12.5. The van der Waals surface area contributed by atoms with Crippen molar-refractivity contribution in [3.05, 3.63) is 54.1 Å². The number of hydrogen-bond donors (Lipinski definition) is 2. The normalized spacial score (nSPS) is 14.5. The molecule has 9 nitrogen and oxygen atoms in total. The van der Waals surface area contributed by atoms with Gasteiger partial charge in [-0.15, -0.1) is 0 Å². The summed E-state index contributed by atoms with van der Waals surface area (Å²) < 4.78 is 30.4. The Morgan fingerprint density at radius 1 is 0.879 bits per heavy atom. The van der Waals surface area contributed by atoms with Crippen LogP contribution in [0.25, 0.3) is 0 Å². The van der Waals surface area contributed by atoms with Gasteiger partial charge in [0.2, 0.25) is 10.0 Å². The number of nitrogens with zero attached hydrogens (tertiary/aromatic N) is 2. The lowest BCUT2D eigenvalue weighted by atomic mass is 10.2. The summed E-state index contributed by atoms with van der Waals surface area (Å²) in [5.74, 6) is -0.292. The molecule has 1 fully saturated rings. The molecule has 1 aliphatic heterocycles. The van der Waals surface area contributed by atoms with E-state index >= 15 is 0 Å². The zero-order valence-electron chi connectivity index (χ0n) is 19.3. The smallest absolute Gasteiger partial charge is 0.410 e. The number of anilines is 3. The number of benzene rings is 2. The van der Waals surface area contributed by atoms with Gasteiger partial charge in [-0.2, -0.15) is 0 Å². The van der Waals surface area contributed by atoms with Crippen LogP contribution in [0.4, 0.5) is 21.9 Å². The first kappa shape index (κ1) is 24.4. The third-order valence-electron chi connectivity index (χ3n) is 4.87. The average Bonchev–Trinajstić information content (AvgIpc) is 2.72. The van der Waals surface area contributed by atoms with E-state index in [0.717, 1.165) is 11.9 Å². The van der Waals surface area contributed by atoms with Gasteiger partial charge in [0, 0.05) is 48.8 Å². The summed E-state index contributed by atoms with van der Waals surface area (Å²) in [7, 11) is -3.37. The van der Waals surface area contributed by atoms with E-state index in [2.05, 4.69) is 14.9 Å². The number of ether oxygens (including phenoxy) is 1. The van der Waals surface area contributed by atoms with Crippen LogP contribution >= 0.6 is 0 Å². The van der Waals surface area contributed by atoms with Crippen molar-refractivity contribution in [3.63, 3.8) is 0 Å². The zero-order valence-corrected chi connectivity index (χ0v) is 20.1. The molecule has 0 radical (unpaired) electrons. The van der Waals surface area contributed by atoms with Crippen molar-refractivity contribution in [1.82, 2.24) is 4.90 Å². The Bertz CT molecular complexity index is 1090. The lowest BCUT2D eigenvalue weighted by molar-refractivity contribution is 0.0240. The summed E-state index contributed by atoms with van der Waals surface area (Å²) in [6.07, 6.45) is 0.776. The predicted octanol–water partition coefficient (Wildman–Crippen LogP) is 3.37. The van der Waals surface area contributed by atoms with Crippen LogP contribution < -0.4 is 14.9 Å². The van der Waals surface area contributed by atoms with Gasteiger partial charge in [0.05, 0.1) is 6.26 Å². The number of nitrogens with one attached hydrogen (secondary N) is 2. The van der Waals surface area contributed by atoms with Crippen molar-refractivity contribution in [3.8, 4) is 0 Å². The molecule has 33 heavy (non-hydrogen) atoms. The third-order valence-corrected chi connectivity index (χ3v) is 5.48. The first-order valence-electron chi connectivity index (χ1n) is 10.6. The minimum absolute atomic E-state index is 0.291. The summed E-state index contributed by atoms with van der Waals surface area (Å²) >= 11 is 0. The second-order valence-corrected chi connectivity index (χ2v) is 10.7. The van der Waals surface area contributed by atoms with E-state index in [9.17, 15) is 18.0 Å². The molecule has 0 atom stereocenters. The van der Waals surface area contributed by atoms with Crippen LogP contribution in [0.2, 0.25) is 0 Å². The van der Waals surface area contributed by atoms with Crippen LogP contribution in [0.15, 0.2) is 48.5 Å². The van der Waals surface area contributed by atoms with Crippen LogP contribution in [0, 0.1) is 0 Å². The Balaban J connectivity index is 1.53. The number of hydrogen-bond acceptors (Lipinski definition) is 6. The van der Waals surface area contributed by atoms with Crippen LogP contribution in [0.1, 0.15) is 31.1 Å². The van der Waals surface area contributed by atoms with Gasteiger partial charge in [-0.3, -0.25) is 9.52 Å². The van der Waals surface area contributed by atoms with Crippen LogP contribution in [-0.2, 0) is 14.8 Å². The fraction of sp³-hybridized carbons (Fsp3) is 0.391. The molecule has 1 aliphatic rings. The van der Waals surface area contributed by atoms with Crippen molar-refractivity contribution in [2.75, 3.05) is 47.4 Å². The molecule has 0 aromatic heterocycles. The molecule has 1 heterocycles. The van der Waals surface area contributed by atoms with Gasteiger partial charge >= 0.3 is 6.09 Å². The highest BCUT2D eigenvalue weighted by Gasteiger charge is 2.26. The molecule has 0 spiro atoms. The fourth-order valence-electron chi connectivity index (χ4n) is 3.34. The Hall–Kier alpha value is -3.27. The van der Waals surface area contributed by atoms with E-state index in [1.54, 1.807) is 17.0 Å². The monoisotopic (exact) mass is 474 g/mol. The molecule has 2 amide bonds. The van der Waals surface area contributed by atoms with Crippen molar-refractivity contribution < 1.29 is 22.7 Å². The van der Waals surface area contributed by atoms with Crippen molar-refractivity contribution in [2.24, 2.45) is 0 Å². The minimum Gasteiger partial charge on any atom is -0.444 e. The zero-order chi connectivity index (χ0) is 24.2. The maximum Gasteiger partial charge on any atom is 0.410 e. The SMILES string of the molecule is CC(C)(C)OC(=O)N1CCN(c2ccc(NC(=O)c3ccc(NS(C)(=O)=O)cc3)cc2)CC1. The first-order chi connectivity index (χ1) is 15.4. The molecular weight excluding hydrogens is 444 g/mol. The highest BCUT2D eigenvalue weighted by Crippen LogP contribution is 2.21. The molecule has 0 unspecified atom stereocenters. The van der Waals surface area contributed by atoms with Crippen molar-refractivity contribution >= 4 is 39.1 Å². The minimum atomic E-state index is -3.37. The Morgan fingerprint density at radius 2 is 1.42 bits per heavy atom. The van der Waals surface area contributed by atoms with E-state index in [-0.39, 0.29) is 12.0 Å². The summed E-state index contributed by atoms with van der Waals surface area (Å²) in [5, 5.41) is 2.83. The van der Waals surface area contributed by atoms with Gasteiger partial charge in [-0.05, 0) is 69.3 Å². The third kappa shape index (κ3) is 7.38. The number of rotatable bonds is 5. The van der Waals surface area contributed by atoms with E-state index < -0.39 is 15.6 Å². The van der Waals surface area contributed by atoms with Crippen LogP contribution in [0.3, 0.4) is 0 Å². The van der Waals surface area contributed by atoms with E-state index in [1.165, 1.54) is 12.1 Å². The number of amides is 2. The summed E-state index contributed by atoms with van der Waals surface area (Å²) in [6.45, 7) is 8.11. The molecule has 2 N–H and O–H groups in total. The second kappa shape index (κ2) is 9.70. The van der Waals surface area contributed by atoms with Crippen molar-refractivity contribution in [1.29, 1.82) is 0 Å². The van der Waals surface area contributed by atoms with E-state index in [4.69, 9.17) is 4.74 Å². The lowest BCUT2D eigenvalue weighted by Gasteiger charge is -2.36. The van der Waals surface area contributed by atoms with Gasteiger partial charge in [-0.25, -0.2) is 13.2 Å². The molecule has 2 aromatic rings. The fourth-order valence-corrected chi connectivity index (χ4v) is 3.90. The van der Waals surface area contributed by atoms with Crippen molar-refractivity contribution in [2.45, 2.75) is 26.4 Å². The quantitative estimate of drug-likeness (QED) is 0.688. The second-order valence-electron chi connectivity index (χ2n) is 8.91. The molecule has 1 saturated heterocycles. The van der Waals surface area contributed by atoms with Gasteiger partial charge in [0.1, 0.15) is 5.60 Å². The summed E-state index contributed by atoms with van der Waals surface area (Å²) in [5.41, 5.74) is 1.95. The summed E-state index contributed by atoms with van der Waals surface area (Å²) in [4.78, 5) is 28.6. The van der Waals surface area contributed by atoms with Gasteiger partial charge in [-0.1, -0.05) is 0 Å². The largest absolute Gasteiger partial charge is 0.444 e. The molecule has 3 rings (SSSR count). The number of carbonyl (C=O) groups is 2. The van der Waals surface area contributed by atoms with Crippen LogP contribution in [0.5, 0.6) is 0 Å². The van der Waals surface area contributed by atoms with Gasteiger partial charge in [0.15, 0.2) is 0 Å². The van der Waals surface area contributed by atoms with E-state index in [1.807, 2.05) is 45.0 Å². The molecule has 10 heteroatoms. The number of piperazine rings is 1. The molecule has 0 aliphatic carbocycles. The molecule has 178 valence electrons. The van der Waals surface area contributed by atoms with Gasteiger partial charge < -0.3 is 19.9 Å². The van der Waals surface area contributed by atoms with Crippen LogP contribution in [-0.4, -0.2) is 63.4 Å². The van der Waals surface area contributed by atoms with Gasteiger partial charge in [0.25, 0.3) is 5.91 Å². The molecule has 0 saturated carbocycles. The average molecular weight is 475 g/mol. The number of carbonyl (C=O) groups excluding carboxylic acids is 2. The Kier molecular flexibility index (Phi) is 7.16. The van der Waals surface area contributed by atoms with E-state index in [0.29, 0.717) is 43.1 Å². The molecule has 2 aromatic carbocycles. The lowest BCUT2D eigenvalue weighted by Crippen LogP contribution is -2.50. The Labute approximate surface area is 194 Å². The Morgan fingerprint density at radius 3 is 1.94 bits per heavy atom. The standard InChI is InChI=1S/C23H30N4O5S/c1-23(2,3)32-22(29)27-15-13-26(14-16-27)20-11-9-18(10-12-20)24-21(28)17-5-7-19(8-6-17)25-33(4,30)31/h5-12,25H,13-16H2,1-4H3,(H,24,28). The topological polar surface area (TPSA) is 108 Å².